The zero-order valence-corrected chi connectivity index (χ0v) is 21.7. The second-order valence-electron chi connectivity index (χ2n) is 7.54. The molecule has 8 heteroatoms. The van der Waals surface area contributed by atoms with Gasteiger partial charge in [-0.2, -0.15) is 0 Å². The van der Waals surface area contributed by atoms with Crippen molar-refractivity contribution in [3.8, 4) is 0 Å². The molecule has 3 aromatic rings. The molecule has 0 aromatic heterocycles. The summed E-state index contributed by atoms with van der Waals surface area (Å²) in [4.78, 5) is 0. The zero-order valence-electron chi connectivity index (χ0n) is 18.7. The van der Waals surface area contributed by atoms with Crippen LogP contribution >= 0.6 is 0 Å². The molecule has 0 unspecified atom stereocenters. The average Bonchev–Trinajstić information content (AvgIpc) is 2.83. The predicted octanol–water partition coefficient (Wildman–Crippen LogP) is 2.76. The highest BCUT2D eigenvalue weighted by Gasteiger charge is 2.57. The molecule has 0 aliphatic heterocycles. The van der Waals surface area contributed by atoms with Gasteiger partial charge in [-0.3, -0.25) is 0 Å². The minimum absolute atomic E-state index is 0.973. The Labute approximate surface area is 188 Å². The fourth-order valence-corrected chi connectivity index (χ4v) is 14.8. The summed E-state index contributed by atoms with van der Waals surface area (Å²) in [5.74, 6) is 0. The van der Waals surface area contributed by atoms with Crippen molar-refractivity contribution in [3.63, 3.8) is 0 Å². The molecule has 0 saturated carbocycles. The number of hydrogen-bond donors (Lipinski definition) is 0. The Balaban J connectivity index is 2.24. The summed E-state index contributed by atoms with van der Waals surface area (Å²) in [6.07, 6.45) is 0. The van der Waals surface area contributed by atoms with Crippen molar-refractivity contribution in [2.45, 2.75) is 13.1 Å². The first-order chi connectivity index (χ1) is 14.9. The molecule has 0 atom stereocenters. The zero-order chi connectivity index (χ0) is 22.4. The molecule has 3 rings (SSSR count). The monoisotopic (exact) mass is 470 g/mol. The maximum atomic E-state index is 7.20. The Hall–Kier alpha value is -1.89. The van der Waals surface area contributed by atoms with Gasteiger partial charge in [0, 0.05) is 21.3 Å². The van der Waals surface area contributed by atoms with Crippen LogP contribution in [0.2, 0.25) is 13.1 Å². The minimum atomic E-state index is -3.46. The molecule has 0 fully saturated rings. The van der Waals surface area contributed by atoms with E-state index in [0.29, 0.717) is 0 Å². The molecule has 0 amide bonds. The highest BCUT2D eigenvalue weighted by atomic mass is 28.5. The normalized spacial score (nSPS) is 12.7. The summed E-state index contributed by atoms with van der Waals surface area (Å²) in [7, 11) is -4.55. The fraction of sp³-hybridized carbons (Fsp3) is 0.217. The molecule has 31 heavy (non-hydrogen) atoms. The Morgan fingerprint density at radius 2 is 0.839 bits per heavy atom. The van der Waals surface area contributed by atoms with Crippen molar-refractivity contribution >= 4 is 41.5 Å². The summed E-state index contributed by atoms with van der Waals surface area (Å²) < 4.78 is 31.1. The van der Waals surface area contributed by atoms with Crippen LogP contribution in [-0.2, 0) is 21.5 Å². The highest BCUT2D eigenvalue weighted by molar-refractivity contribution is 7.03. The summed E-state index contributed by atoms with van der Waals surface area (Å²) >= 11 is 0. The molecular formula is C23H30O5Si3. The largest absolute Gasteiger partial charge is 0.670 e. The minimum Gasteiger partial charge on any atom is -0.426 e. The van der Waals surface area contributed by atoms with Crippen LogP contribution in [0.15, 0.2) is 91.0 Å². The molecule has 0 aliphatic carbocycles. The fourth-order valence-electron chi connectivity index (χ4n) is 3.55. The Kier molecular flexibility index (Phi) is 7.78. The van der Waals surface area contributed by atoms with Crippen LogP contribution in [0.3, 0.4) is 0 Å². The van der Waals surface area contributed by atoms with Crippen molar-refractivity contribution in [2.75, 3.05) is 21.3 Å². The van der Waals surface area contributed by atoms with Crippen LogP contribution < -0.4 is 15.6 Å². The first-order valence-corrected chi connectivity index (χ1v) is 16.5. The summed E-state index contributed by atoms with van der Waals surface area (Å²) in [5.41, 5.74) is 0. The van der Waals surface area contributed by atoms with Crippen LogP contribution in [0.1, 0.15) is 0 Å². The van der Waals surface area contributed by atoms with Gasteiger partial charge in [-0.15, -0.1) is 0 Å². The molecule has 0 saturated heterocycles. The first kappa shape index (κ1) is 23.8. The van der Waals surface area contributed by atoms with Gasteiger partial charge in [0.2, 0.25) is 8.32 Å². The molecule has 5 nitrogen and oxygen atoms in total. The summed E-state index contributed by atoms with van der Waals surface area (Å²) in [5, 5.41) is 3.13. The van der Waals surface area contributed by atoms with E-state index in [9.17, 15) is 0 Å². The SMILES string of the molecule is CO[Si](OC)(OC)O[Si](O[Si](C)(C)c1ccccc1)(c1ccccc1)c1ccccc1. The molecule has 0 heterocycles. The van der Waals surface area contributed by atoms with Gasteiger partial charge in [0.25, 0.3) is 0 Å². The lowest BCUT2D eigenvalue weighted by atomic mass is 10.4. The maximum absolute atomic E-state index is 7.20. The summed E-state index contributed by atoms with van der Waals surface area (Å²) in [6.45, 7) is 4.38. The van der Waals surface area contributed by atoms with Crippen LogP contribution in [0.25, 0.3) is 0 Å². The Morgan fingerprint density at radius 3 is 1.19 bits per heavy atom. The van der Waals surface area contributed by atoms with Crippen LogP contribution in [-0.4, -0.2) is 47.3 Å². The molecule has 3 aromatic carbocycles. The van der Waals surface area contributed by atoms with Gasteiger partial charge in [0.05, 0.1) is 0 Å². The highest BCUT2D eigenvalue weighted by Crippen LogP contribution is 2.23. The van der Waals surface area contributed by atoms with Crippen molar-refractivity contribution in [3.05, 3.63) is 91.0 Å². The van der Waals surface area contributed by atoms with Crippen LogP contribution in [0, 0.1) is 0 Å². The van der Waals surface area contributed by atoms with Gasteiger partial charge < -0.3 is 21.5 Å². The van der Waals surface area contributed by atoms with E-state index in [-0.39, 0.29) is 0 Å². The van der Waals surface area contributed by atoms with Crippen LogP contribution in [0.4, 0.5) is 0 Å². The second kappa shape index (κ2) is 10.2. The van der Waals surface area contributed by atoms with E-state index < -0.39 is 25.9 Å². The third kappa shape index (κ3) is 5.13. The van der Waals surface area contributed by atoms with Crippen molar-refractivity contribution in [1.29, 1.82) is 0 Å². The first-order valence-electron chi connectivity index (χ1n) is 10.1. The van der Waals surface area contributed by atoms with Gasteiger partial charge >= 0.3 is 17.6 Å². The molecule has 164 valence electrons. The number of benzene rings is 3. The van der Waals surface area contributed by atoms with Crippen molar-refractivity contribution in [2.24, 2.45) is 0 Å². The number of rotatable bonds is 10. The van der Waals surface area contributed by atoms with Gasteiger partial charge in [0.15, 0.2) is 0 Å². The lowest BCUT2D eigenvalue weighted by Crippen LogP contribution is -2.73. The van der Waals surface area contributed by atoms with Gasteiger partial charge in [-0.05, 0) is 28.7 Å². The van der Waals surface area contributed by atoms with Crippen LogP contribution in [0.5, 0.6) is 0 Å². The molecule has 0 aliphatic rings. The van der Waals surface area contributed by atoms with Crippen molar-refractivity contribution in [1.82, 2.24) is 0 Å². The average molecular weight is 471 g/mol. The quantitative estimate of drug-likeness (QED) is 0.427. The van der Waals surface area contributed by atoms with E-state index in [1.165, 1.54) is 5.19 Å². The van der Waals surface area contributed by atoms with Gasteiger partial charge in [-0.1, -0.05) is 91.0 Å². The molecule has 0 N–H and O–H groups in total. The lowest BCUT2D eigenvalue weighted by molar-refractivity contribution is 0.0432. The van der Waals surface area contributed by atoms with E-state index in [1.54, 1.807) is 21.3 Å². The van der Waals surface area contributed by atoms with E-state index in [1.807, 2.05) is 54.6 Å². The van der Waals surface area contributed by atoms with E-state index in [2.05, 4.69) is 49.5 Å². The van der Waals surface area contributed by atoms with Gasteiger partial charge in [-0.25, -0.2) is 0 Å². The van der Waals surface area contributed by atoms with E-state index in [0.717, 1.165) is 10.4 Å². The smallest absolute Gasteiger partial charge is 0.426 e. The molecule has 0 bridgehead atoms. The van der Waals surface area contributed by atoms with Crippen molar-refractivity contribution < 1.29 is 21.5 Å². The molecular weight excluding hydrogens is 441 g/mol. The maximum Gasteiger partial charge on any atom is 0.670 e. The summed E-state index contributed by atoms with van der Waals surface area (Å²) in [6, 6.07) is 30.5. The molecule has 0 spiro atoms. The third-order valence-electron chi connectivity index (χ3n) is 5.19. The standard InChI is InChI=1S/C23H30O5Si3/c1-24-31(25-2,26-3)28-30(22-17-11-7-12-18-22,23-19-13-8-14-20-23)27-29(4,5)21-15-9-6-10-16-21/h6-20H,1-5H3. The Bertz CT molecular complexity index is 887. The van der Waals surface area contributed by atoms with E-state index >= 15 is 0 Å². The number of hydrogen-bond acceptors (Lipinski definition) is 5. The topological polar surface area (TPSA) is 46.2 Å². The predicted molar refractivity (Wildman–Crippen MR) is 130 cm³/mol. The molecule has 0 radical (unpaired) electrons. The van der Waals surface area contributed by atoms with E-state index in [4.69, 9.17) is 21.5 Å². The van der Waals surface area contributed by atoms with Gasteiger partial charge in [0.1, 0.15) is 0 Å². The second-order valence-corrected chi connectivity index (χ2v) is 17.4. The lowest BCUT2D eigenvalue weighted by Gasteiger charge is -2.41. The third-order valence-corrected chi connectivity index (χ3v) is 15.9. The Morgan fingerprint density at radius 1 is 0.484 bits per heavy atom.